The molecular weight excluding hydrogens is 428 g/mol. The van der Waals surface area contributed by atoms with Crippen LogP contribution in [0.1, 0.15) is 38.7 Å². The predicted octanol–water partition coefficient (Wildman–Crippen LogP) is 6.28. The largest absolute Gasteiger partial charge is 0.372 e. The fraction of sp³-hybridized carbons (Fsp3) is 0.333. The van der Waals surface area contributed by atoms with Gasteiger partial charge in [-0.25, -0.2) is 4.99 Å². The van der Waals surface area contributed by atoms with Crippen molar-refractivity contribution in [3.8, 4) is 0 Å². The van der Waals surface area contributed by atoms with Crippen molar-refractivity contribution < 1.29 is 4.79 Å². The van der Waals surface area contributed by atoms with Gasteiger partial charge in [-0.1, -0.05) is 18.2 Å². The second-order valence-electron chi connectivity index (χ2n) is 8.51. The molecule has 0 atom stereocenters. The highest BCUT2D eigenvalue weighted by Gasteiger charge is 2.32. The van der Waals surface area contributed by atoms with E-state index in [2.05, 4.69) is 65.1 Å². The number of aliphatic imine (C=N–C) groups is 1. The highest BCUT2D eigenvalue weighted by molar-refractivity contribution is 8.18. The minimum atomic E-state index is 0.0273. The number of anilines is 1. The van der Waals surface area contributed by atoms with Crippen LogP contribution in [0.15, 0.2) is 64.6 Å². The van der Waals surface area contributed by atoms with Gasteiger partial charge in [0.05, 0.1) is 10.6 Å². The maximum atomic E-state index is 13.2. The van der Waals surface area contributed by atoms with Gasteiger partial charge in [-0.05, 0) is 81.3 Å². The predicted molar refractivity (Wildman–Crippen MR) is 140 cm³/mol. The molecule has 1 aromatic heterocycles. The number of piperidine rings is 1. The van der Waals surface area contributed by atoms with E-state index in [0.717, 1.165) is 41.0 Å². The Morgan fingerprint density at radius 2 is 1.73 bits per heavy atom. The third kappa shape index (κ3) is 4.32. The minimum Gasteiger partial charge on any atom is -0.372 e. The van der Waals surface area contributed by atoms with Gasteiger partial charge in [0.1, 0.15) is 0 Å². The van der Waals surface area contributed by atoms with Crippen LogP contribution >= 0.6 is 11.8 Å². The number of hydrogen-bond donors (Lipinski definition) is 0. The van der Waals surface area contributed by atoms with E-state index in [1.807, 2.05) is 19.1 Å². The quantitative estimate of drug-likeness (QED) is 0.423. The standard InChI is InChI=1S/C27H30N4OS/c1-3-29-19-20(23-10-6-7-11-24(23)29)18-25-26(32)31(4-2)27(33-25)28-21-12-14-22(15-13-21)30-16-8-5-9-17-30/h6-7,10-15,18-19H,3-5,8-9,16-17H2,1-2H3/b25-18-,28-27?. The van der Waals surface area contributed by atoms with Crippen molar-refractivity contribution in [1.29, 1.82) is 0 Å². The molecule has 5 rings (SSSR count). The normalized spacial score (nSPS) is 19.4. The zero-order valence-electron chi connectivity index (χ0n) is 19.3. The molecule has 33 heavy (non-hydrogen) atoms. The summed E-state index contributed by atoms with van der Waals surface area (Å²) in [5.74, 6) is 0.0273. The van der Waals surface area contributed by atoms with E-state index in [0.29, 0.717) is 6.54 Å². The Morgan fingerprint density at radius 3 is 2.45 bits per heavy atom. The molecule has 3 heterocycles. The van der Waals surface area contributed by atoms with Gasteiger partial charge in [0.25, 0.3) is 5.91 Å². The summed E-state index contributed by atoms with van der Waals surface area (Å²) in [5, 5.41) is 1.92. The smallest absolute Gasteiger partial charge is 0.266 e. The number of fused-ring (bicyclic) bond motifs is 1. The lowest BCUT2D eigenvalue weighted by Crippen LogP contribution is -2.29. The molecular formula is C27H30N4OS. The molecule has 0 aliphatic carbocycles. The monoisotopic (exact) mass is 458 g/mol. The molecule has 6 heteroatoms. The van der Waals surface area contributed by atoms with Crippen LogP contribution in [0.2, 0.25) is 0 Å². The van der Waals surface area contributed by atoms with Crippen molar-refractivity contribution in [2.45, 2.75) is 39.7 Å². The number of thioether (sulfide) groups is 1. The summed E-state index contributed by atoms with van der Waals surface area (Å²) >= 11 is 1.47. The number of amides is 1. The molecule has 0 N–H and O–H groups in total. The average Bonchev–Trinajstić information content (AvgIpc) is 3.37. The van der Waals surface area contributed by atoms with Crippen LogP contribution in [-0.4, -0.2) is 40.2 Å². The van der Waals surface area contributed by atoms with Crippen molar-refractivity contribution >= 4 is 51.2 Å². The van der Waals surface area contributed by atoms with E-state index >= 15 is 0 Å². The van der Waals surface area contributed by atoms with Crippen LogP contribution in [0.25, 0.3) is 17.0 Å². The lowest BCUT2D eigenvalue weighted by Gasteiger charge is -2.28. The van der Waals surface area contributed by atoms with Crippen LogP contribution in [0.4, 0.5) is 11.4 Å². The lowest BCUT2D eigenvalue weighted by molar-refractivity contribution is -0.122. The first-order valence-corrected chi connectivity index (χ1v) is 12.7. The Morgan fingerprint density at radius 1 is 0.970 bits per heavy atom. The number of para-hydroxylation sites is 1. The topological polar surface area (TPSA) is 40.8 Å². The van der Waals surface area contributed by atoms with Gasteiger partial charge in [-0.3, -0.25) is 9.69 Å². The first kappa shape index (κ1) is 21.8. The van der Waals surface area contributed by atoms with Crippen LogP contribution in [0.5, 0.6) is 0 Å². The van der Waals surface area contributed by atoms with E-state index in [-0.39, 0.29) is 5.91 Å². The zero-order valence-corrected chi connectivity index (χ0v) is 20.1. The van der Waals surface area contributed by atoms with Crippen LogP contribution in [0, 0.1) is 0 Å². The van der Waals surface area contributed by atoms with E-state index in [9.17, 15) is 4.79 Å². The van der Waals surface area contributed by atoms with E-state index in [4.69, 9.17) is 4.99 Å². The van der Waals surface area contributed by atoms with Crippen molar-refractivity contribution in [2.75, 3.05) is 24.5 Å². The molecule has 5 nitrogen and oxygen atoms in total. The Hall–Kier alpha value is -2.99. The highest BCUT2D eigenvalue weighted by atomic mass is 32.2. The van der Waals surface area contributed by atoms with Crippen molar-refractivity contribution in [2.24, 2.45) is 4.99 Å². The highest BCUT2D eigenvalue weighted by Crippen LogP contribution is 2.36. The first-order valence-electron chi connectivity index (χ1n) is 11.9. The SMILES string of the molecule is CCN1C(=O)/C(=C/c2cn(CC)c3ccccc23)SC1=Nc1ccc(N2CCCCC2)cc1. The number of carbonyl (C=O) groups excluding carboxylic acids is 1. The van der Waals surface area contributed by atoms with Crippen molar-refractivity contribution in [3.05, 3.63) is 65.2 Å². The van der Waals surface area contributed by atoms with Gasteiger partial charge in [0.2, 0.25) is 0 Å². The number of nitrogens with zero attached hydrogens (tertiary/aromatic N) is 4. The Bertz CT molecular complexity index is 1220. The summed E-state index contributed by atoms with van der Waals surface area (Å²) in [7, 11) is 0. The molecule has 2 aliphatic rings. The molecule has 0 spiro atoms. The number of aryl methyl sites for hydroxylation is 1. The van der Waals surface area contributed by atoms with Gasteiger partial charge in [0, 0.05) is 54.5 Å². The van der Waals surface area contributed by atoms with Crippen LogP contribution in [0.3, 0.4) is 0 Å². The Labute approximate surface area is 199 Å². The maximum Gasteiger partial charge on any atom is 0.266 e. The molecule has 0 unspecified atom stereocenters. The Kier molecular flexibility index (Phi) is 6.27. The number of benzene rings is 2. The van der Waals surface area contributed by atoms with Gasteiger partial charge in [-0.2, -0.15) is 0 Å². The first-order chi connectivity index (χ1) is 16.2. The third-order valence-corrected chi connectivity index (χ3v) is 7.45. The number of carbonyl (C=O) groups is 1. The molecule has 0 bridgehead atoms. The van der Waals surface area contributed by atoms with Gasteiger partial charge >= 0.3 is 0 Å². The number of rotatable bonds is 5. The molecule has 1 amide bonds. The molecule has 2 saturated heterocycles. The lowest BCUT2D eigenvalue weighted by atomic mass is 10.1. The molecule has 170 valence electrons. The number of likely N-dealkylation sites (N-methyl/N-ethyl adjacent to an activating group) is 1. The molecule has 0 saturated carbocycles. The summed E-state index contributed by atoms with van der Waals surface area (Å²) in [6.45, 7) is 7.89. The van der Waals surface area contributed by atoms with Gasteiger partial charge < -0.3 is 9.47 Å². The fourth-order valence-corrected chi connectivity index (χ4v) is 5.72. The van der Waals surface area contributed by atoms with E-state index in [1.54, 1.807) is 4.90 Å². The maximum absolute atomic E-state index is 13.2. The summed E-state index contributed by atoms with van der Waals surface area (Å²) in [6, 6.07) is 16.8. The summed E-state index contributed by atoms with van der Waals surface area (Å²) < 4.78 is 2.22. The second-order valence-corrected chi connectivity index (χ2v) is 9.52. The van der Waals surface area contributed by atoms with Gasteiger partial charge in [0.15, 0.2) is 5.17 Å². The van der Waals surface area contributed by atoms with Crippen LogP contribution < -0.4 is 4.90 Å². The minimum absolute atomic E-state index is 0.0273. The zero-order chi connectivity index (χ0) is 22.8. The number of hydrogen-bond acceptors (Lipinski definition) is 4. The van der Waals surface area contributed by atoms with Crippen LogP contribution in [-0.2, 0) is 11.3 Å². The summed E-state index contributed by atoms with van der Waals surface area (Å²) in [4.78, 5) is 22.9. The Balaban J connectivity index is 1.42. The average molecular weight is 459 g/mol. The molecule has 2 fully saturated rings. The van der Waals surface area contributed by atoms with Crippen molar-refractivity contribution in [1.82, 2.24) is 9.47 Å². The summed E-state index contributed by atoms with van der Waals surface area (Å²) in [5.41, 5.74) is 4.41. The second kappa shape index (κ2) is 9.48. The van der Waals surface area contributed by atoms with E-state index in [1.165, 1.54) is 47.6 Å². The summed E-state index contributed by atoms with van der Waals surface area (Å²) in [6.07, 6.45) is 8.01. The molecule has 2 aromatic carbocycles. The molecule has 0 radical (unpaired) electrons. The van der Waals surface area contributed by atoms with E-state index < -0.39 is 0 Å². The third-order valence-electron chi connectivity index (χ3n) is 6.45. The molecule has 2 aliphatic heterocycles. The van der Waals surface area contributed by atoms with Crippen molar-refractivity contribution in [3.63, 3.8) is 0 Å². The molecule has 3 aromatic rings. The number of amidine groups is 1. The van der Waals surface area contributed by atoms with Gasteiger partial charge in [-0.15, -0.1) is 0 Å². The fourth-order valence-electron chi connectivity index (χ4n) is 4.66. The number of aromatic nitrogens is 1.